The Kier molecular flexibility index (Phi) is 2.69. The van der Waals surface area contributed by atoms with Crippen molar-refractivity contribution in [3.8, 4) is 0 Å². The van der Waals surface area contributed by atoms with E-state index in [1.54, 1.807) is 6.08 Å². The van der Waals surface area contributed by atoms with Crippen LogP contribution < -0.4 is 0 Å². The molecule has 0 radical (unpaired) electrons. The topological polar surface area (TPSA) is 26.3 Å². The number of alkyl halides is 2. The zero-order chi connectivity index (χ0) is 9.35. The first-order valence-corrected chi connectivity index (χ1v) is 4.47. The molecule has 1 aliphatic carbocycles. The Morgan fingerprint density at radius 2 is 2.17 bits per heavy atom. The number of hydrogen-bond acceptors (Lipinski definition) is 2. The van der Waals surface area contributed by atoms with Gasteiger partial charge in [-0.1, -0.05) is 13.8 Å². The normalized spacial score (nSPS) is 29.1. The zero-order valence-electron chi connectivity index (χ0n) is 6.88. The van der Waals surface area contributed by atoms with Gasteiger partial charge in [-0.25, -0.2) is 0 Å². The van der Waals surface area contributed by atoms with E-state index in [9.17, 15) is 4.79 Å². The van der Waals surface area contributed by atoms with Crippen LogP contribution in [0.4, 0.5) is 0 Å². The monoisotopic (exact) mass is 208 g/mol. The number of ether oxygens (including phenoxy) is 1. The Morgan fingerprint density at radius 1 is 1.58 bits per heavy atom. The van der Waals surface area contributed by atoms with Crippen LogP contribution in [0.1, 0.15) is 13.8 Å². The van der Waals surface area contributed by atoms with Gasteiger partial charge in [0.2, 0.25) is 0 Å². The van der Waals surface area contributed by atoms with E-state index >= 15 is 0 Å². The van der Waals surface area contributed by atoms with Gasteiger partial charge in [0.15, 0.2) is 0 Å². The summed E-state index contributed by atoms with van der Waals surface area (Å²) in [6.45, 7) is 4.40. The SMILES string of the molecule is CC1(C)/C(=C\C(Cl)Cl)C1OC=O. The molecule has 12 heavy (non-hydrogen) atoms. The second kappa shape index (κ2) is 3.27. The number of allylic oxidation sites excluding steroid dienone is 1. The Bertz CT molecular complexity index is 221. The first kappa shape index (κ1) is 9.87. The largest absolute Gasteiger partial charge is 0.459 e. The fraction of sp³-hybridized carbons (Fsp3) is 0.625. The third-order valence-corrected chi connectivity index (χ3v) is 2.35. The second-order valence-corrected chi connectivity index (χ2v) is 4.45. The van der Waals surface area contributed by atoms with Crippen LogP contribution in [0.25, 0.3) is 0 Å². The number of carbonyl (C=O) groups excluding carboxylic acids is 1. The molecule has 1 atom stereocenters. The summed E-state index contributed by atoms with van der Waals surface area (Å²) in [5.41, 5.74) is 0.896. The van der Waals surface area contributed by atoms with E-state index in [-0.39, 0.29) is 11.5 Å². The highest BCUT2D eigenvalue weighted by atomic mass is 35.5. The minimum atomic E-state index is -0.528. The number of hydrogen-bond donors (Lipinski definition) is 0. The molecule has 1 aliphatic rings. The van der Waals surface area contributed by atoms with Gasteiger partial charge in [-0.3, -0.25) is 4.79 Å². The molecular weight excluding hydrogens is 199 g/mol. The second-order valence-electron chi connectivity index (χ2n) is 3.29. The van der Waals surface area contributed by atoms with Crippen LogP contribution in [0.15, 0.2) is 11.6 Å². The molecule has 0 amide bonds. The van der Waals surface area contributed by atoms with Gasteiger partial charge in [0.05, 0.1) is 0 Å². The minimum absolute atomic E-state index is 0.0943. The lowest BCUT2D eigenvalue weighted by molar-refractivity contribution is -0.130. The molecule has 1 saturated carbocycles. The standard InChI is InChI=1S/C8H10Cl2O2/c1-8(2)5(3-6(9)10)7(8)12-4-11/h3-4,6-7H,1-2H3/b5-3-. The molecule has 0 spiro atoms. The maximum atomic E-state index is 10.1. The molecule has 2 nitrogen and oxygen atoms in total. The van der Waals surface area contributed by atoms with Gasteiger partial charge in [-0.05, 0) is 11.6 Å². The highest BCUT2D eigenvalue weighted by molar-refractivity contribution is 6.45. The third kappa shape index (κ3) is 1.75. The molecule has 0 bridgehead atoms. The highest BCUT2D eigenvalue weighted by Crippen LogP contribution is 2.53. The van der Waals surface area contributed by atoms with Crippen LogP contribution in [0, 0.1) is 5.41 Å². The van der Waals surface area contributed by atoms with Crippen LogP contribution in [0.3, 0.4) is 0 Å². The lowest BCUT2D eigenvalue weighted by Crippen LogP contribution is -1.98. The molecular formula is C8H10Cl2O2. The van der Waals surface area contributed by atoms with E-state index in [1.165, 1.54) is 0 Å². The van der Waals surface area contributed by atoms with Crippen LogP contribution in [-0.2, 0) is 9.53 Å². The number of carbonyl (C=O) groups is 1. The van der Waals surface area contributed by atoms with E-state index in [0.29, 0.717) is 6.47 Å². The quantitative estimate of drug-likeness (QED) is 0.405. The molecule has 0 saturated heterocycles. The molecule has 0 aromatic carbocycles. The van der Waals surface area contributed by atoms with E-state index < -0.39 is 4.84 Å². The van der Waals surface area contributed by atoms with Gasteiger partial charge < -0.3 is 4.74 Å². The summed E-state index contributed by atoms with van der Waals surface area (Å²) >= 11 is 11.1. The van der Waals surface area contributed by atoms with Gasteiger partial charge in [0.1, 0.15) is 10.9 Å². The molecule has 68 valence electrons. The van der Waals surface area contributed by atoms with Gasteiger partial charge in [0, 0.05) is 5.41 Å². The van der Waals surface area contributed by atoms with Crippen molar-refractivity contribution in [2.75, 3.05) is 0 Å². The highest BCUT2D eigenvalue weighted by Gasteiger charge is 2.54. The van der Waals surface area contributed by atoms with Gasteiger partial charge in [-0.15, -0.1) is 23.2 Å². The van der Waals surface area contributed by atoms with E-state index in [2.05, 4.69) is 0 Å². The van der Waals surface area contributed by atoms with Crippen molar-refractivity contribution < 1.29 is 9.53 Å². The maximum absolute atomic E-state index is 10.1. The molecule has 0 aliphatic heterocycles. The molecule has 1 fully saturated rings. The van der Waals surface area contributed by atoms with E-state index in [4.69, 9.17) is 27.9 Å². The third-order valence-electron chi connectivity index (χ3n) is 2.10. The summed E-state index contributed by atoms with van der Waals surface area (Å²) in [7, 11) is 0. The van der Waals surface area contributed by atoms with Gasteiger partial charge in [0.25, 0.3) is 6.47 Å². The molecule has 0 N–H and O–H groups in total. The predicted molar refractivity (Wildman–Crippen MR) is 48.3 cm³/mol. The van der Waals surface area contributed by atoms with Crippen molar-refractivity contribution in [3.05, 3.63) is 11.6 Å². The van der Waals surface area contributed by atoms with E-state index in [1.807, 2.05) is 13.8 Å². The summed E-state index contributed by atoms with van der Waals surface area (Å²) < 4.78 is 4.82. The zero-order valence-corrected chi connectivity index (χ0v) is 8.39. The van der Waals surface area contributed by atoms with Crippen LogP contribution in [0.2, 0.25) is 0 Å². The summed E-state index contributed by atoms with van der Waals surface area (Å²) in [4.78, 5) is 9.53. The van der Waals surface area contributed by atoms with Crippen LogP contribution >= 0.6 is 23.2 Å². The minimum Gasteiger partial charge on any atom is -0.459 e. The van der Waals surface area contributed by atoms with Gasteiger partial charge >= 0.3 is 0 Å². The van der Waals surface area contributed by atoms with Crippen molar-refractivity contribution in [3.63, 3.8) is 0 Å². The number of rotatable bonds is 3. The van der Waals surface area contributed by atoms with Crippen molar-refractivity contribution in [2.24, 2.45) is 5.41 Å². The summed E-state index contributed by atoms with van der Waals surface area (Å²) in [6.07, 6.45) is 1.56. The van der Waals surface area contributed by atoms with E-state index in [0.717, 1.165) is 5.57 Å². The fourth-order valence-corrected chi connectivity index (χ4v) is 1.55. The predicted octanol–water partition coefficient (Wildman–Crippen LogP) is 2.30. The molecule has 0 heterocycles. The Labute approximate surface area is 81.5 Å². The first-order valence-electron chi connectivity index (χ1n) is 3.59. The molecule has 0 aromatic rings. The average Bonchev–Trinajstić information content (AvgIpc) is 2.39. The Balaban J connectivity index is 2.65. The van der Waals surface area contributed by atoms with Crippen molar-refractivity contribution in [1.82, 2.24) is 0 Å². The molecule has 4 heteroatoms. The Morgan fingerprint density at radius 3 is 2.58 bits per heavy atom. The van der Waals surface area contributed by atoms with Crippen LogP contribution in [0.5, 0.6) is 0 Å². The van der Waals surface area contributed by atoms with Crippen molar-refractivity contribution in [1.29, 1.82) is 0 Å². The van der Waals surface area contributed by atoms with Gasteiger partial charge in [-0.2, -0.15) is 0 Å². The summed E-state index contributed by atoms with van der Waals surface area (Å²) in [6, 6.07) is 0. The van der Waals surface area contributed by atoms with Crippen molar-refractivity contribution >= 4 is 29.7 Å². The lowest BCUT2D eigenvalue weighted by atomic mass is 10.2. The first-order chi connectivity index (χ1) is 5.50. The molecule has 1 rings (SSSR count). The summed E-state index contributed by atoms with van der Waals surface area (Å²) in [5, 5.41) is 0. The number of halogens is 2. The molecule has 0 aromatic heterocycles. The van der Waals surface area contributed by atoms with Crippen LogP contribution in [-0.4, -0.2) is 17.4 Å². The Hall–Kier alpha value is -0.210. The lowest BCUT2D eigenvalue weighted by Gasteiger charge is -1.96. The smallest absolute Gasteiger partial charge is 0.293 e. The van der Waals surface area contributed by atoms with Crippen molar-refractivity contribution in [2.45, 2.75) is 24.8 Å². The molecule has 1 unspecified atom stereocenters. The average molecular weight is 209 g/mol. The summed E-state index contributed by atoms with van der Waals surface area (Å²) in [5.74, 6) is 0. The maximum Gasteiger partial charge on any atom is 0.293 e. The fourth-order valence-electron chi connectivity index (χ4n) is 1.28.